The third-order valence-electron chi connectivity index (χ3n) is 2.24. The van der Waals surface area contributed by atoms with Crippen molar-refractivity contribution in [2.75, 3.05) is 0 Å². The molecule has 0 saturated carbocycles. The van der Waals surface area contributed by atoms with Crippen molar-refractivity contribution >= 4 is 5.57 Å². The Morgan fingerprint density at radius 1 is 1.50 bits per heavy atom. The van der Waals surface area contributed by atoms with Crippen molar-refractivity contribution in [1.29, 1.82) is 0 Å². The van der Waals surface area contributed by atoms with Crippen LogP contribution in [0.1, 0.15) is 38.5 Å². The molecule has 0 atom stereocenters. The van der Waals surface area contributed by atoms with E-state index < -0.39 is 0 Å². The highest BCUT2D eigenvalue weighted by atomic mass is 16.4. The largest absolute Gasteiger partial charge is 0.423 e. The molecule has 0 fully saturated rings. The van der Waals surface area contributed by atoms with E-state index in [2.05, 4.69) is 0 Å². The number of hydrogen-bond acceptors (Lipinski definition) is 2. The lowest BCUT2D eigenvalue weighted by molar-refractivity contribution is 0.488. The van der Waals surface area contributed by atoms with Crippen LogP contribution in [0.3, 0.4) is 0 Å². The Bertz CT molecular complexity index is 386. The fourth-order valence-electron chi connectivity index (χ4n) is 1.25. The van der Waals surface area contributed by atoms with Gasteiger partial charge in [-0.15, -0.1) is 0 Å². The summed E-state index contributed by atoms with van der Waals surface area (Å²) in [5, 5.41) is 0. The Labute approximate surface area is 84.3 Å². The number of hydrogen-bond donors (Lipinski definition) is 0. The van der Waals surface area contributed by atoms with Crippen molar-refractivity contribution in [3.8, 4) is 0 Å². The van der Waals surface area contributed by atoms with Crippen molar-refractivity contribution in [2.24, 2.45) is 0 Å². The van der Waals surface area contributed by atoms with Gasteiger partial charge in [-0.3, -0.25) is 0 Å². The third kappa shape index (κ3) is 2.34. The van der Waals surface area contributed by atoms with Gasteiger partial charge in [0.2, 0.25) is 0 Å². The summed E-state index contributed by atoms with van der Waals surface area (Å²) in [6.45, 7) is 5.90. The Kier molecular flexibility index (Phi) is 3.69. The molecule has 0 unspecified atom stereocenters. The molecule has 0 spiro atoms. The molecule has 0 bridgehead atoms. The molecule has 0 saturated heterocycles. The van der Waals surface area contributed by atoms with Crippen LogP contribution in [0.4, 0.5) is 0 Å². The molecule has 1 aromatic rings. The van der Waals surface area contributed by atoms with Crippen LogP contribution >= 0.6 is 0 Å². The molecule has 1 aromatic heterocycles. The van der Waals surface area contributed by atoms with Gasteiger partial charge in [0, 0.05) is 5.56 Å². The molecule has 0 aliphatic heterocycles. The average molecular weight is 192 g/mol. The smallest absolute Gasteiger partial charge is 0.339 e. The molecule has 14 heavy (non-hydrogen) atoms. The van der Waals surface area contributed by atoms with Crippen molar-refractivity contribution in [3.05, 3.63) is 40.0 Å². The maximum Gasteiger partial charge on any atom is 0.339 e. The molecule has 0 N–H and O–H groups in total. The molecular weight excluding hydrogens is 176 g/mol. The first-order chi connectivity index (χ1) is 6.69. The number of aryl methyl sites for hydroxylation is 1. The van der Waals surface area contributed by atoms with E-state index in [1.54, 1.807) is 0 Å². The second kappa shape index (κ2) is 4.80. The summed E-state index contributed by atoms with van der Waals surface area (Å²) in [4.78, 5) is 11.5. The fourth-order valence-corrected chi connectivity index (χ4v) is 1.25. The number of rotatable bonds is 3. The van der Waals surface area contributed by atoms with E-state index in [1.807, 2.05) is 39.0 Å². The fraction of sp³-hybridized carbons (Fsp3) is 0.417. The minimum Gasteiger partial charge on any atom is -0.423 e. The number of allylic oxidation sites excluding steroid dienone is 2. The van der Waals surface area contributed by atoms with Gasteiger partial charge >= 0.3 is 5.63 Å². The van der Waals surface area contributed by atoms with Crippen LogP contribution in [-0.4, -0.2) is 0 Å². The predicted octanol–water partition coefficient (Wildman–Crippen LogP) is 3.02. The van der Waals surface area contributed by atoms with Crippen LogP contribution in [-0.2, 0) is 6.42 Å². The summed E-state index contributed by atoms with van der Waals surface area (Å²) in [6, 6.07) is 3.72. The summed E-state index contributed by atoms with van der Waals surface area (Å²) in [5.74, 6) is 0.664. The second-order valence-electron chi connectivity index (χ2n) is 3.33. The molecule has 0 amide bonds. The van der Waals surface area contributed by atoms with Gasteiger partial charge in [-0.1, -0.05) is 19.4 Å². The molecule has 2 nitrogen and oxygen atoms in total. The summed E-state index contributed by atoms with van der Waals surface area (Å²) in [7, 11) is 0. The van der Waals surface area contributed by atoms with E-state index in [-0.39, 0.29) is 5.63 Å². The molecule has 76 valence electrons. The van der Waals surface area contributed by atoms with Crippen LogP contribution in [0.5, 0.6) is 0 Å². The van der Waals surface area contributed by atoms with Crippen LogP contribution in [0.15, 0.2) is 27.4 Å². The molecule has 0 aliphatic rings. The summed E-state index contributed by atoms with van der Waals surface area (Å²) < 4.78 is 5.19. The lowest BCUT2D eigenvalue weighted by Gasteiger charge is -2.00. The molecule has 0 radical (unpaired) electrons. The maximum atomic E-state index is 11.5. The first-order valence-electron chi connectivity index (χ1n) is 4.95. The molecule has 1 rings (SSSR count). The van der Waals surface area contributed by atoms with Crippen molar-refractivity contribution in [3.63, 3.8) is 0 Å². The van der Waals surface area contributed by atoms with E-state index in [4.69, 9.17) is 4.42 Å². The average Bonchev–Trinajstić information content (AvgIpc) is 2.20. The second-order valence-corrected chi connectivity index (χ2v) is 3.33. The zero-order valence-electron chi connectivity index (χ0n) is 8.96. The van der Waals surface area contributed by atoms with Crippen LogP contribution in [0.25, 0.3) is 5.57 Å². The van der Waals surface area contributed by atoms with E-state index in [1.165, 1.54) is 0 Å². The SMILES string of the molecule is C/C=C(\C)c1ccc(CCC)c(=O)o1. The van der Waals surface area contributed by atoms with Gasteiger partial charge < -0.3 is 4.42 Å². The minimum absolute atomic E-state index is 0.203. The topological polar surface area (TPSA) is 30.2 Å². The highest BCUT2D eigenvalue weighted by Gasteiger charge is 2.03. The molecule has 2 heteroatoms. The Balaban J connectivity index is 3.07. The zero-order valence-corrected chi connectivity index (χ0v) is 8.96. The van der Waals surface area contributed by atoms with Gasteiger partial charge in [0.05, 0.1) is 0 Å². The van der Waals surface area contributed by atoms with E-state index in [0.717, 1.165) is 24.0 Å². The molecule has 0 aromatic carbocycles. The monoisotopic (exact) mass is 192 g/mol. The molecular formula is C12H16O2. The Morgan fingerprint density at radius 3 is 2.71 bits per heavy atom. The van der Waals surface area contributed by atoms with E-state index >= 15 is 0 Å². The highest BCUT2D eigenvalue weighted by molar-refractivity contribution is 5.58. The predicted molar refractivity (Wildman–Crippen MR) is 58.3 cm³/mol. The van der Waals surface area contributed by atoms with Crippen molar-refractivity contribution in [2.45, 2.75) is 33.6 Å². The van der Waals surface area contributed by atoms with Gasteiger partial charge in [0.25, 0.3) is 0 Å². The quantitative estimate of drug-likeness (QED) is 0.736. The summed E-state index contributed by atoms with van der Waals surface area (Å²) in [5.41, 5.74) is 1.55. The summed E-state index contributed by atoms with van der Waals surface area (Å²) in [6.07, 6.45) is 3.68. The highest BCUT2D eigenvalue weighted by Crippen LogP contribution is 2.11. The third-order valence-corrected chi connectivity index (χ3v) is 2.24. The Morgan fingerprint density at radius 2 is 2.21 bits per heavy atom. The van der Waals surface area contributed by atoms with Gasteiger partial charge in [-0.05, 0) is 38.0 Å². The van der Waals surface area contributed by atoms with Gasteiger partial charge in [0.15, 0.2) is 0 Å². The van der Waals surface area contributed by atoms with Gasteiger partial charge in [-0.25, -0.2) is 4.79 Å². The van der Waals surface area contributed by atoms with Gasteiger partial charge in [-0.2, -0.15) is 0 Å². The maximum absolute atomic E-state index is 11.5. The lowest BCUT2D eigenvalue weighted by atomic mass is 10.1. The molecule has 1 heterocycles. The normalized spacial score (nSPS) is 11.8. The zero-order chi connectivity index (χ0) is 10.6. The van der Waals surface area contributed by atoms with Gasteiger partial charge in [0.1, 0.15) is 5.76 Å². The van der Waals surface area contributed by atoms with Crippen LogP contribution < -0.4 is 5.63 Å². The molecule has 0 aliphatic carbocycles. The van der Waals surface area contributed by atoms with E-state index in [9.17, 15) is 4.79 Å². The Hall–Kier alpha value is -1.31. The van der Waals surface area contributed by atoms with Crippen LogP contribution in [0.2, 0.25) is 0 Å². The van der Waals surface area contributed by atoms with Crippen molar-refractivity contribution < 1.29 is 4.42 Å². The van der Waals surface area contributed by atoms with Crippen LogP contribution in [0, 0.1) is 0 Å². The first kappa shape index (κ1) is 10.8. The lowest BCUT2D eigenvalue weighted by Crippen LogP contribution is -2.07. The first-order valence-corrected chi connectivity index (χ1v) is 4.95. The minimum atomic E-state index is -0.203. The standard InChI is InChI=1S/C12H16O2/c1-4-6-10-7-8-11(9(3)5-2)14-12(10)13/h5,7-8H,4,6H2,1-3H3/b9-5+. The summed E-state index contributed by atoms with van der Waals surface area (Å²) >= 11 is 0. The van der Waals surface area contributed by atoms with E-state index in [0.29, 0.717) is 5.76 Å². The van der Waals surface area contributed by atoms with Crippen molar-refractivity contribution in [1.82, 2.24) is 0 Å².